The minimum Gasteiger partial charge on any atom is -0.489 e. The highest BCUT2D eigenvalue weighted by atomic mass is 35.5. The molecule has 19 heavy (non-hydrogen) atoms. The predicted octanol–water partition coefficient (Wildman–Crippen LogP) is 3.51. The molecule has 4 heteroatoms. The number of nitrogens with two attached hydrogens (primary N) is 1. The lowest BCUT2D eigenvalue weighted by Crippen LogP contribution is -2.14. The first-order valence-corrected chi connectivity index (χ1v) is 6.27. The van der Waals surface area contributed by atoms with Gasteiger partial charge in [-0.1, -0.05) is 41.9 Å². The summed E-state index contributed by atoms with van der Waals surface area (Å²) in [6, 6.07) is 13.0. The summed E-state index contributed by atoms with van der Waals surface area (Å²) in [7, 11) is 0. The Labute approximate surface area is 117 Å². The Hall–Kier alpha value is -2.00. The molecule has 98 valence electrons. The highest BCUT2D eigenvalue weighted by Crippen LogP contribution is 2.23. The van der Waals surface area contributed by atoms with Gasteiger partial charge >= 0.3 is 0 Å². The van der Waals surface area contributed by atoms with Crippen LogP contribution in [0.15, 0.2) is 42.5 Å². The molecule has 0 aliphatic rings. The number of rotatable bonds is 4. The quantitative estimate of drug-likeness (QED) is 0.662. The summed E-state index contributed by atoms with van der Waals surface area (Å²) in [5.74, 6) is 0.785. The second-order valence-corrected chi connectivity index (χ2v) is 4.71. The molecule has 3 nitrogen and oxygen atoms in total. The van der Waals surface area contributed by atoms with Gasteiger partial charge < -0.3 is 10.5 Å². The minimum atomic E-state index is 0.0435. The van der Waals surface area contributed by atoms with Crippen molar-refractivity contribution in [2.75, 3.05) is 0 Å². The summed E-state index contributed by atoms with van der Waals surface area (Å²) in [4.78, 5) is 0. The lowest BCUT2D eigenvalue weighted by atomic mass is 10.1. The molecule has 2 aromatic rings. The van der Waals surface area contributed by atoms with Gasteiger partial charge in [0.05, 0.1) is 0 Å². The molecule has 0 amide bonds. The van der Waals surface area contributed by atoms with Gasteiger partial charge in [-0.15, -0.1) is 0 Å². The standard InChI is InChI=1S/C15H15ClN2O/c1-10-6-7-12(16)8-14(10)19-9-11-4-2-3-5-13(11)15(17)18/h2-8H,9H2,1H3,(H3,17,18). The van der Waals surface area contributed by atoms with Gasteiger partial charge in [0.25, 0.3) is 0 Å². The topological polar surface area (TPSA) is 59.1 Å². The molecule has 0 aromatic heterocycles. The average molecular weight is 275 g/mol. The largest absolute Gasteiger partial charge is 0.489 e. The number of ether oxygens (including phenoxy) is 1. The highest BCUT2D eigenvalue weighted by molar-refractivity contribution is 6.30. The van der Waals surface area contributed by atoms with E-state index in [4.69, 9.17) is 27.5 Å². The Morgan fingerprint density at radius 1 is 1.26 bits per heavy atom. The van der Waals surface area contributed by atoms with E-state index in [1.807, 2.05) is 43.3 Å². The van der Waals surface area contributed by atoms with Gasteiger partial charge in [0.1, 0.15) is 18.2 Å². The molecule has 0 aliphatic carbocycles. The zero-order valence-electron chi connectivity index (χ0n) is 10.6. The van der Waals surface area contributed by atoms with Crippen LogP contribution in [0, 0.1) is 12.3 Å². The number of nitrogens with one attached hydrogen (secondary N) is 1. The average Bonchev–Trinajstić information content (AvgIpc) is 2.40. The monoisotopic (exact) mass is 274 g/mol. The van der Waals surface area contributed by atoms with Crippen LogP contribution in [-0.4, -0.2) is 5.84 Å². The van der Waals surface area contributed by atoms with Crippen LogP contribution >= 0.6 is 11.6 Å². The van der Waals surface area contributed by atoms with E-state index in [1.165, 1.54) is 0 Å². The Bertz CT molecular complexity index is 611. The van der Waals surface area contributed by atoms with Gasteiger partial charge in [-0.25, -0.2) is 0 Å². The molecule has 0 heterocycles. The first kappa shape index (κ1) is 13.4. The third-order valence-electron chi connectivity index (χ3n) is 2.84. The van der Waals surface area contributed by atoms with Crippen molar-refractivity contribution in [3.8, 4) is 5.75 Å². The molecule has 0 radical (unpaired) electrons. The van der Waals surface area contributed by atoms with Crippen molar-refractivity contribution in [2.45, 2.75) is 13.5 Å². The van der Waals surface area contributed by atoms with Crippen LogP contribution < -0.4 is 10.5 Å². The van der Waals surface area contributed by atoms with Crippen molar-refractivity contribution in [3.05, 3.63) is 64.2 Å². The summed E-state index contributed by atoms with van der Waals surface area (Å²) < 4.78 is 5.76. The molecule has 0 atom stereocenters. The van der Waals surface area contributed by atoms with Gasteiger partial charge in [0.2, 0.25) is 0 Å². The van der Waals surface area contributed by atoms with Gasteiger partial charge in [-0.3, -0.25) is 5.41 Å². The van der Waals surface area contributed by atoms with E-state index in [-0.39, 0.29) is 5.84 Å². The summed E-state index contributed by atoms with van der Waals surface area (Å²) in [6.45, 7) is 2.32. The normalized spacial score (nSPS) is 10.2. The van der Waals surface area contributed by atoms with Crippen molar-refractivity contribution < 1.29 is 4.74 Å². The maximum Gasteiger partial charge on any atom is 0.124 e. The maximum absolute atomic E-state index is 7.54. The van der Waals surface area contributed by atoms with Crippen molar-refractivity contribution in [1.82, 2.24) is 0 Å². The Morgan fingerprint density at radius 2 is 2.00 bits per heavy atom. The van der Waals surface area contributed by atoms with Gasteiger partial charge in [-0.05, 0) is 24.6 Å². The summed E-state index contributed by atoms with van der Waals surface area (Å²) in [5, 5.41) is 8.18. The molecule has 0 fully saturated rings. The van der Waals surface area contributed by atoms with Crippen molar-refractivity contribution in [1.29, 1.82) is 5.41 Å². The fourth-order valence-corrected chi connectivity index (χ4v) is 1.96. The van der Waals surface area contributed by atoms with Crippen molar-refractivity contribution in [2.24, 2.45) is 5.73 Å². The zero-order valence-corrected chi connectivity index (χ0v) is 11.4. The third-order valence-corrected chi connectivity index (χ3v) is 3.08. The second-order valence-electron chi connectivity index (χ2n) is 4.27. The van der Waals surface area contributed by atoms with Crippen LogP contribution in [-0.2, 0) is 6.61 Å². The predicted molar refractivity (Wildman–Crippen MR) is 78.0 cm³/mol. The Kier molecular flexibility index (Phi) is 4.07. The van der Waals surface area contributed by atoms with Crippen LogP contribution in [0.1, 0.15) is 16.7 Å². The number of hydrogen-bond donors (Lipinski definition) is 2. The number of amidine groups is 1. The van der Waals surface area contributed by atoms with Crippen LogP contribution in [0.5, 0.6) is 5.75 Å². The van der Waals surface area contributed by atoms with E-state index in [1.54, 1.807) is 6.07 Å². The summed E-state index contributed by atoms with van der Waals surface area (Å²) in [6.07, 6.45) is 0. The fourth-order valence-electron chi connectivity index (χ4n) is 1.79. The molecule has 0 spiro atoms. The SMILES string of the molecule is Cc1ccc(Cl)cc1OCc1ccccc1C(=N)N. The third kappa shape index (κ3) is 3.26. The van der Waals surface area contributed by atoms with E-state index in [9.17, 15) is 0 Å². The van der Waals surface area contributed by atoms with Gasteiger partial charge in [-0.2, -0.15) is 0 Å². The molecule has 0 saturated carbocycles. The summed E-state index contributed by atoms with van der Waals surface area (Å²) in [5.41, 5.74) is 8.14. The highest BCUT2D eigenvalue weighted by Gasteiger charge is 2.06. The molecule has 2 aromatic carbocycles. The smallest absolute Gasteiger partial charge is 0.124 e. The van der Waals surface area contributed by atoms with Gasteiger partial charge in [0.15, 0.2) is 0 Å². The second kappa shape index (κ2) is 5.76. The first-order chi connectivity index (χ1) is 9.08. The minimum absolute atomic E-state index is 0.0435. The van der Waals surface area contributed by atoms with Gasteiger partial charge in [0, 0.05) is 16.1 Å². The number of halogens is 1. The number of aryl methyl sites for hydroxylation is 1. The molecule has 2 rings (SSSR count). The molecule has 0 aliphatic heterocycles. The van der Waals surface area contributed by atoms with Crippen molar-refractivity contribution in [3.63, 3.8) is 0 Å². The number of nitrogen functional groups attached to an aromatic ring is 1. The molecule has 3 N–H and O–H groups in total. The zero-order chi connectivity index (χ0) is 13.8. The number of benzene rings is 2. The fraction of sp³-hybridized carbons (Fsp3) is 0.133. The Balaban J connectivity index is 2.19. The van der Waals surface area contributed by atoms with E-state index in [2.05, 4.69) is 0 Å². The number of hydrogen-bond acceptors (Lipinski definition) is 2. The van der Waals surface area contributed by atoms with Crippen LogP contribution in [0.3, 0.4) is 0 Å². The first-order valence-electron chi connectivity index (χ1n) is 5.89. The molecular formula is C15H15ClN2O. The summed E-state index contributed by atoms with van der Waals surface area (Å²) >= 11 is 5.95. The Morgan fingerprint density at radius 3 is 2.74 bits per heavy atom. The lowest BCUT2D eigenvalue weighted by Gasteiger charge is -2.12. The van der Waals surface area contributed by atoms with Crippen LogP contribution in [0.25, 0.3) is 0 Å². The van der Waals surface area contributed by atoms with E-state index in [0.29, 0.717) is 17.2 Å². The molecule has 0 unspecified atom stereocenters. The molecule has 0 bridgehead atoms. The van der Waals surface area contributed by atoms with Crippen LogP contribution in [0.2, 0.25) is 5.02 Å². The molecule has 0 saturated heterocycles. The van der Waals surface area contributed by atoms with E-state index < -0.39 is 0 Å². The molecular weight excluding hydrogens is 260 g/mol. The van der Waals surface area contributed by atoms with Crippen LogP contribution in [0.4, 0.5) is 0 Å². The maximum atomic E-state index is 7.54. The van der Waals surface area contributed by atoms with Crippen molar-refractivity contribution >= 4 is 17.4 Å². The van der Waals surface area contributed by atoms with E-state index >= 15 is 0 Å². The lowest BCUT2D eigenvalue weighted by molar-refractivity contribution is 0.304. The van der Waals surface area contributed by atoms with E-state index in [0.717, 1.165) is 16.9 Å².